The van der Waals surface area contributed by atoms with Gasteiger partial charge in [0.25, 0.3) is 0 Å². The third-order valence-electron chi connectivity index (χ3n) is 6.75. The van der Waals surface area contributed by atoms with E-state index in [9.17, 15) is 21.6 Å². The van der Waals surface area contributed by atoms with Gasteiger partial charge < -0.3 is 9.47 Å². The highest BCUT2D eigenvalue weighted by atomic mass is 32.3. The van der Waals surface area contributed by atoms with Gasteiger partial charge in [-0.15, -0.1) is 0 Å². The van der Waals surface area contributed by atoms with Crippen LogP contribution >= 0.6 is 0 Å². The van der Waals surface area contributed by atoms with Crippen molar-refractivity contribution in [3.05, 3.63) is 0 Å². The van der Waals surface area contributed by atoms with Crippen molar-refractivity contribution in [3.63, 3.8) is 0 Å². The third kappa shape index (κ3) is 5.78. The van der Waals surface area contributed by atoms with E-state index in [4.69, 9.17) is 9.47 Å². The van der Waals surface area contributed by atoms with E-state index in [1.807, 2.05) is 0 Å². The Labute approximate surface area is 193 Å². The SMILES string of the molecule is CC(C)(C)OC(=O)N1[C@@H](CC2CCCCC2)[C@H](CC2S(=O)(=O)CCCS2(=O)=O)OC1(C)C. The van der Waals surface area contributed by atoms with E-state index >= 15 is 0 Å². The quantitative estimate of drug-likeness (QED) is 0.588. The van der Waals surface area contributed by atoms with E-state index < -0.39 is 53.8 Å². The van der Waals surface area contributed by atoms with Crippen LogP contribution in [-0.2, 0) is 29.1 Å². The molecular formula is C22H39NO7S2. The minimum atomic E-state index is -3.78. The van der Waals surface area contributed by atoms with Crippen molar-refractivity contribution >= 4 is 25.8 Å². The number of hydrogen-bond acceptors (Lipinski definition) is 7. The standard InChI is InChI=1S/C22H39NO7S2/c1-21(2,3)30-20(24)23-17(14-16-10-7-6-8-11-16)18(29-22(23,4)5)15-19-31(25,26)12-9-13-32(19,27)28/h16-19H,6-15H2,1-5H3/t17-,18-/m0/s1. The molecule has 0 aromatic rings. The van der Waals surface area contributed by atoms with Crippen LogP contribution in [0.3, 0.4) is 0 Å². The Morgan fingerprint density at radius 2 is 1.53 bits per heavy atom. The molecule has 0 aromatic carbocycles. The van der Waals surface area contributed by atoms with Gasteiger partial charge in [0.1, 0.15) is 11.3 Å². The van der Waals surface area contributed by atoms with Crippen LogP contribution in [-0.4, -0.2) is 67.4 Å². The molecule has 2 saturated heterocycles. The van der Waals surface area contributed by atoms with Gasteiger partial charge in [-0.2, -0.15) is 0 Å². The zero-order valence-corrected chi connectivity index (χ0v) is 21.6. The molecule has 0 radical (unpaired) electrons. The summed E-state index contributed by atoms with van der Waals surface area (Å²) in [4.78, 5) is 14.8. The lowest BCUT2D eigenvalue weighted by Gasteiger charge is -2.37. The van der Waals surface area contributed by atoms with Crippen molar-refractivity contribution in [3.8, 4) is 0 Å². The number of nitrogens with zero attached hydrogens (tertiary/aromatic N) is 1. The lowest BCUT2D eigenvalue weighted by Crippen LogP contribution is -2.51. The zero-order chi connectivity index (χ0) is 23.9. The molecule has 2 aliphatic heterocycles. The van der Waals surface area contributed by atoms with E-state index in [0.717, 1.165) is 25.7 Å². The number of hydrogen-bond donors (Lipinski definition) is 0. The highest BCUT2D eigenvalue weighted by molar-refractivity contribution is 8.09. The van der Waals surface area contributed by atoms with E-state index in [-0.39, 0.29) is 24.3 Å². The predicted octanol–water partition coefficient (Wildman–Crippen LogP) is 3.65. The maximum absolute atomic E-state index is 13.2. The molecule has 2 heterocycles. The van der Waals surface area contributed by atoms with Crippen molar-refractivity contribution in [1.82, 2.24) is 4.90 Å². The molecule has 3 rings (SSSR count). The average Bonchev–Trinajstić information content (AvgIpc) is 2.87. The van der Waals surface area contributed by atoms with E-state index in [1.54, 1.807) is 39.5 Å². The monoisotopic (exact) mass is 493 g/mol. The Hall–Kier alpha value is -0.870. The van der Waals surface area contributed by atoms with Gasteiger partial charge in [0.2, 0.25) is 0 Å². The Bertz CT molecular complexity index is 865. The molecule has 0 spiro atoms. The first-order chi connectivity index (χ1) is 14.6. The number of ether oxygens (including phenoxy) is 2. The maximum atomic E-state index is 13.2. The van der Waals surface area contributed by atoms with Gasteiger partial charge in [0.05, 0.1) is 23.7 Å². The van der Waals surface area contributed by atoms with Crippen LogP contribution in [0.25, 0.3) is 0 Å². The van der Waals surface area contributed by atoms with Gasteiger partial charge in [0.15, 0.2) is 24.3 Å². The largest absolute Gasteiger partial charge is 0.444 e. The molecule has 3 aliphatic rings. The molecule has 0 unspecified atom stereocenters. The summed E-state index contributed by atoms with van der Waals surface area (Å²) in [7, 11) is -7.56. The van der Waals surface area contributed by atoms with Crippen LogP contribution in [0.2, 0.25) is 0 Å². The molecule has 186 valence electrons. The molecule has 8 nitrogen and oxygen atoms in total. The molecule has 10 heteroatoms. The van der Waals surface area contributed by atoms with Gasteiger partial charge >= 0.3 is 6.09 Å². The summed E-state index contributed by atoms with van der Waals surface area (Å²) in [6.45, 7) is 8.90. The van der Waals surface area contributed by atoms with E-state index in [2.05, 4.69) is 0 Å². The molecule has 32 heavy (non-hydrogen) atoms. The summed E-state index contributed by atoms with van der Waals surface area (Å²) in [5.74, 6) is 0.129. The van der Waals surface area contributed by atoms with Crippen molar-refractivity contribution in [2.24, 2.45) is 5.92 Å². The molecule has 0 bridgehead atoms. The third-order valence-corrected chi connectivity index (χ3v) is 12.2. The second-order valence-electron chi connectivity index (χ2n) is 11.0. The molecular weight excluding hydrogens is 454 g/mol. The Kier molecular flexibility index (Phi) is 7.29. The maximum Gasteiger partial charge on any atom is 0.412 e. The minimum absolute atomic E-state index is 0.129. The number of carbonyl (C=O) groups is 1. The summed E-state index contributed by atoms with van der Waals surface area (Å²) < 4.78 is 61.3. The van der Waals surface area contributed by atoms with Crippen LogP contribution in [0.15, 0.2) is 0 Å². The molecule has 3 fully saturated rings. The van der Waals surface area contributed by atoms with Crippen LogP contribution in [0.5, 0.6) is 0 Å². The zero-order valence-electron chi connectivity index (χ0n) is 20.0. The average molecular weight is 494 g/mol. The van der Waals surface area contributed by atoms with E-state index in [0.29, 0.717) is 12.3 Å². The van der Waals surface area contributed by atoms with Gasteiger partial charge in [-0.25, -0.2) is 21.6 Å². The van der Waals surface area contributed by atoms with Gasteiger partial charge in [-0.1, -0.05) is 32.1 Å². The Morgan fingerprint density at radius 1 is 0.969 bits per heavy atom. The molecule has 1 saturated carbocycles. The fraction of sp³-hybridized carbons (Fsp3) is 0.955. The highest BCUT2D eigenvalue weighted by Crippen LogP contribution is 2.42. The van der Waals surface area contributed by atoms with Crippen molar-refractivity contribution in [2.75, 3.05) is 11.5 Å². The first-order valence-electron chi connectivity index (χ1n) is 11.8. The predicted molar refractivity (Wildman–Crippen MR) is 123 cm³/mol. The summed E-state index contributed by atoms with van der Waals surface area (Å²) in [6.07, 6.45) is 4.98. The lowest BCUT2D eigenvalue weighted by atomic mass is 9.83. The summed E-state index contributed by atoms with van der Waals surface area (Å²) in [5.41, 5.74) is -1.73. The van der Waals surface area contributed by atoms with Gasteiger partial charge in [-0.3, -0.25) is 4.90 Å². The topological polar surface area (TPSA) is 107 Å². The van der Waals surface area contributed by atoms with E-state index in [1.165, 1.54) is 6.42 Å². The summed E-state index contributed by atoms with van der Waals surface area (Å²) >= 11 is 0. The summed E-state index contributed by atoms with van der Waals surface area (Å²) in [5, 5.41) is 0. The number of amides is 1. The molecule has 0 aromatic heterocycles. The van der Waals surface area contributed by atoms with Crippen LogP contribution in [0.4, 0.5) is 4.79 Å². The second kappa shape index (κ2) is 9.06. The molecule has 1 aliphatic carbocycles. The number of rotatable bonds is 4. The first kappa shape index (κ1) is 25.7. The van der Waals surface area contributed by atoms with Crippen molar-refractivity contribution in [1.29, 1.82) is 0 Å². The molecule has 2 atom stereocenters. The minimum Gasteiger partial charge on any atom is -0.444 e. The first-order valence-corrected chi connectivity index (χ1v) is 15.2. The fourth-order valence-electron chi connectivity index (χ4n) is 5.39. The van der Waals surface area contributed by atoms with Crippen LogP contribution in [0, 0.1) is 5.92 Å². The Morgan fingerprint density at radius 3 is 2.06 bits per heavy atom. The fourth-order valence-corrected chi connectivity index (χ4v) is 10.5. The van der Waals surface area contributed by atoms with Crippen molar-refractivity contribution in [2.45, 2.75) is 114 Å². The smallest absolute Gasteiger partial charge is 0.412 e. The highest BCUT2D eigenvalue weighted by Gasteiger charge is 2.54. The van der Waals surface area contributed by atoms with Gasteiger partial charge in [0, 0.05) is 6.42 Å². The second-order valence-corrected chi connectivity index (χ2v) is 15.9. The van der Waals surface area contributed by atoms with Crippen LogP contribution < -0.4 is 0 Å². The lowest BCUT2D eigenvalue weighted by molar-refractivity contribution is -0.0795. The molecule has 1 amide bonds. The molecule has 0 N–H and O–H groups in total. The normalized spacial score (nSPS) is 30.8. The number of carbonyl (C=O) groups excluding carboxylic acids is 1. The number of sulfone groups is 2. The van der Waals surface area contributed by atoms with Crippen LogP contribution in [0.1, 0.15) is 86.0 Å². The Balaban J connectivity index is 1.93. The van der Waals surface area contributed by atoms with Gasteiger partial charge in [-0.05, 0) is 53.4 Å². The summed E-state index contributed by atoms with van der Waals surface area (Å²) in [6, 6.07) is -0.435. The van der Waals surface area contributed by atoms with Crippen molar-refractivity contribution < 1.29 is 31.1 Å².